The summed E-state index contributed by atoms with van der Waals surface area (Å²) >= 11 is 7.69. The highest BCUT2D eigenvalue weighted by molar-refractivity contribution is 14.1. The van der Waals surface area contributed by atoms with Crippen LogP contribution in [0.1, 0.15) is 143 Å². The van der Waals surface area contributed by atoms with Gasteiger partial charge in [-0.15, -0.1) is 0 Å². The van der Waals surface area contributed by atoms with Crippen molar-refractivity contribution in [1.29, 1.82) is 0 Å². The molecule has 12 aromatic rings. The zero-order valence-electron chi connectivity index (χ0n) is 66.9. The number of halogens is 8. The van der Waals surface area contributed by atoms with Crippen LogP contribution in [0, 0.1) is 36.2 Å². The fraction of sp³-hybridized carbons (Fsp3) is 0.134. The molecule has 1 aliphatic heterocycles. The highest BCUT2D eigenvalue weighted by Gasteiger charge is 2.35. The molecule has 0 radical (unpaired) electrons. The number of hydrogen-bond acceptors (Lipinski definition) is 14. The number of hydrogen-bond donors (Lipinski definition) is 3. The molecule has 0 saturated carbocycles. The number of ether oxygens (including phenoxy) is 2. The Morgan fingerprint density at radius 3 is 1.10 bits per heavy atom. The molecule has 0 unspecified atom stereocenters. The van der Waals surface area contributed by atoms with Crippen LogP contribution in [0.4, 0.5) is 39.0 Å². The van der Waals surface area contributed by atoms with Gasteiger partial charge in [0.15, 0.2) is 34.4 Å². The molecular weight excluding hydrogens is 1810 g/mol. The number of ketones is 5. The van der Waals surface area contributed by atoms with Crippen molar-refractivity contribution in [3.63, 3.8) is 0 Å². The number of nitrogens with two attached hydrogens (primary N) is 3. The van der Waals surface area contributed by atoms with Crippen molar-refractivity contribution in [1.82, 2.24) is 0 Å². The Labute approximate surface area is 724 Å². The first kappa shape index (κ1) is 94.0. The Balaban J connectivity index is 0.000000195. The number of para-hydroxylation sites is 1. The first-order valence-corrected chi connectivity index (χ1v) is 39.8. The van der Waals surface area contributed by atoms with Gasteiger partial charge in [0.1, 0.15) is 29.1 Å². The number of benzene rings is 12. The summed E-state index contributed by atoms with van der Waals surface area (Å²) in [7, 11) is 0. The zero-order chi connectivity index (χ0) is 87.5. The molecule has 0 atom stereocenters. The Bertz CT molecular complexity index is 5500. The van der Waals surface area contributed by atoms with Gasteiger partial charge in [-0.1, -0.05) is 149 Å². The lowest BCUT2D eigenvalue weighted by Crippen LogP contribution is -2.32. The quantitative estimate of drug-likeness (QED) is 0.0204. The van der Waals surface area contributed by atoms with Gasteiger partial charge < -0.3 is 31.5 Å². The van der Waals surface area contributed by atoms with Gasteiger partial charge in [0.25, 0.3) is 5.78 Å². The van der Waals surface area contributed by atoms with E-state index >= 15 is 0 Å². The molecule has 0 spiro atoms. The monoisotopic (exact) mass is 1890 g/mol. The van der Waals surface area contributed by atoms with Gasteiger partial charge in [0.05, 0.1) is 13.2 Å². The number of rotatable bonds is 16. The lowest BCUT2D eigenvalue weighted by atomic mass is 9.87. The number of allylic oxidation sites excluding steroid dienone is 2. The van der Waals surface area contributed by atoms with Gasteiger partial charge in [-0.3, -0.25) is 24.0 Å². The van der Waals surface area contributed by atoms with Crippen molar-refractivity contribution in [2.75, 3.05) is 30.4 Å². The molecule has 610 valence electrons. The van der Waals surface area contributed by atoms with Crippen molar-refractivity contribution in [3.05, 3.63) is 359 Å². The van der Waals surface area contributed by atoms with E-state index in [4.69, 9.17) is 31.5 Å². The van der Waals surface area contributed by atoms with Gasteiger partial charge in [-0.05, 0) is 332 Å². The van der Waals surface area contributed by atoms with Crippen molar-refractivity contribution in [2.24, 2.45) is 5.16 Å². The molecule has 12 aromatic carbocycles. The van der Waals surface area contributed by atoms with Gasteiger partial charge in [0, 0.05) is 67.6 Å². The molecule has 0 fully saturated rings. The fourth-order valence-corrected chi connectivity index (χ4v) is 13.4. The molecule has 0 bridgehead atoms. The predicted octanol–water partition coefficient (Wildman–Crippen LogP) is 24.7. The van der Waals surface area contributed by atoms with E-state index in [-0.39, 0.29) is 76.7 Å². The lowest BCUT2D eigenvalue weighted by Gasteiger charge is -2.30. The minimum absolute atomic E-state index is 0.0104. The van der Waals surface area contributed by atoms with Crippen molar-refractivity contribution < 1.29 is 69.8 Å². The van der Waals surface area contributed by atoms with Gasteiger partial charge in [-0.25, -0.2) is 31.5 Å². The maximum atomic E-state index is 13.1. The average Bonchev–Trinajstić information content (AvgIpc) is 0.759. The van der Waals surface area contributed by atoms with E-state index in [0.717, 1.165) is 80.4 Å². The molecule has 0 aromatic heterocycles. The van der Waals surface area contributed by atoms with Crippen LogP contribution in [0.5, 0.6) is 0 Å². The number of Topliss-reactive ketones (excluding diaryl/α,β-unsaturated/α-hetero) is 5. The van der Waals surface area contributed by atoms with E-state index < -0.39 is 23.3 Å². The van der Waals surface area contributed by atoms with E-state index in [2.05, 4.69) is 91.6 Å². The molecular formula is C97H86BrF5I2N4O10. The largest absolute Gasteiger partial charge is 0.461 e. The second kappa shape index (κ2) is 44.4. The molecule has 6 N–H and O–H groups in total. The third kappa shape index (κ3) is 27.2. The standard InChI is InChI=1S/C19H18FNO3.C19H17FO3.C15H12FI.C14H10FIO.C14H12FNO.C8H8BrNO.C8H9NO/c1-4-23-18(22)17-15-10-7-13(12-5-8-14(20)9-6-12)11-16(15)19(2,3)24-21-17;1-4-23-19(22)18(21)16-10-7-14(11-17(16)12(2)3)13-5-8-15(20)9-6-13;1-10(2)14-9-12(5-8-15(14)17)11-3-6-13(16)7-4-11;2*1-9(17)13-8-11(4-7-14(13)16)10-2-5-12(15)6-3-10;1-5(11)7-4-6(9)2-3-8(7)10;1-6(10)7-4-2-3-5-8(7)9/h5-11H,4H2,1-3H3;5-11H,2,4H2,1,3H3;3-9H,1H2,2H3;2-8H,1H3;2-8H,16H2,1H3;2-4H,10H2,1H3;2-5H,9H2,1H3. The van der Waals surface area contributed by atoms with Crippen LogP contribution in [0.15, 0.2) is 278 Å². The van der Waals surface area contributed by atoms with Crippen LogP contribution < -0.4 is 17.2 Å². The number of carbonyl (C=O) groups excluding carboxylic acids is 7. The molecule has 1 aliphatic rings. The molecule has 1 heterocycles. The number of nitrogens with zero attached hydrogens (tertiary/aromatic N) is 1. The normalized spacial score (nSPS) is 11.1. The van der Waals surface area contributed by atoms with Crippen LogP contribution >= 0.6 is 61.1 Å². The number of nitrogen functional groups attached to an aromatic ring is 3. The van der Waals surface area contributed by atoms with Gasteiger partial charge >= 0.3 is 11.9 Å². The Hall–Kier alpha value is -12.1. The minimum atomic E-state index is -0.885. The Morgan fingerprint density at radius 1 is 0.387 bits per heavy atom. The van der Waals surface area contributed by atoms with Gasteiger partial charge in [0.2, 0.25) is 0 Å². The highest BCUT2D eigenvalue weighted by atomic mass is 127. The van der Waals surface area contributed by atoms with Crippen LogP contribution in [0.2, 0.25) is 0 Å². The van der Waals surface area contributed by atoms with E-state index in [1.807, 2.05) is 81.4 Å². The minimum Gasteiger partial charge on any atom is -0.461 e. The van der Waals surface area contributed by atoms with Crippen molar-refractivity contribution >= 4 is 136 Å². The predicted molar refractivity (Wildman–Crippen MR) is 486 cm³/mol. The van der Waals surface area contributed by atoms with Crippen LogP contribution in [-0.2, 0) is 29.5 Å². The second-order valence-electron chi connectivity index (χ2n) is 27.2. The third-order valence-electron chi connectivity index (χ3n) is 17.8. The molecule has 119 heavy (non-hydrogen) atoms. The van der Waals surface area contributed by atoms with Crippen molar-refractivity contribution in [3.8, 4) is 55.6 Å². The van der Waals surface area contributed by atoms with Crippen LogP contribution in [-0.4, -0.2) is 59.8 Å². The topological polar surface area (TPSA) is 238 Å². The third-order valence-corrected chi connectivity index (χ3v) is 20.1. The van der Waals surface area contributed by atoms with Crippen LogP contribution in [0.25, 0.3) is 66.8 Å². The maximum absolute atomic E-state index is 13.1. The van der Waals surface area contributed by atoms with Crippen LogP contribution in [0.3, 0.4) is 0 Å². The Kier molecular flexibility index (Phi) is 35.1. The molecule has 13 rings (SSSR count). The molecule has 0 amide bonds. The number of anilines is 3. The Morgan fingerprint density at radius 2 is 0.714 bits per heavy atom. The molecule has 0 aliphatic carbocycles. The fourth-order valence-electron chi connectivity index (χ4n) is 11.5. The van der Waals surface area contributed by atoms with E-state index in [9.17, 15) is 55.5 Å². The maximum Gasteiger partial charge on any atom is 0.379 e. The summed E-state index contributed by atoms with van der Waals surface area (Å²) in [6, 6.07) is 71.3. The van der Waals surface area contributed by atoms with E-state index in [0.29, 0.717) is 56.0 Å². The molecule has 14 nitrogen and oxygen atoms in total. The number of carbonyl (C=O) groups is 7. The number of esters is 2. The number of fused-ring (bicyclic) bond motifs is 1. The summed E-state index contributed by atoms with van der Waals surface area (Å²) in [6.45, 7) is 25.2. The van der Waals surface area contributed by atoms with E-state index in [1.54, 1.807) is 149 Å². The second-order valence-corrected chi connectivity index (χ2v) is 30.4. The van der Waals surface area contributed by atoms with E-state index in [1.165, 1.54) is 85.0 Å². The molecule has 22 heteroatoms. The van der Waals surface area contributed by atoms with Crippen molar-refractivity contribution in [2.45, 2.75) is 74.8 Å². The first-order valence-electron chi connectivity index (χ1n) is 36.9. The average molecular weight is 1900 g/mol. The summed E-state index contributed by atoms with van der Waals surface area (Å²) in [6.07, 6.45) is 0. The molecule has 0 saturated heterocycles. The lowest BCUT2D eigenvalue weighted by molar-refractivity contribution is -0.137. The first-order chi connectivity index (χ1) is 56.4. The summed E-state index contributed by atoms with van der Waals surface area (Å²) in [5, 5.41) is 3.95. The zero-order valence-corrected chi connectivity index (χ0v) is 72.8. The van der Waals surface area contributed by atoms with Gasteiger partial charge in [-0.2, -0.15) is 0 Å². The summed E-state index contributed by atoms with van der Waals surface area (Å²) in [4.78, 5) is 86.0. The summed E-state index contributed by atoms with van der Waals surface area (Å²) < 4.78 is 77.4. The SMILES string of the molecule is C=C(C)c1cc(-c2ccc(F)cc2)ccc1C(=O)C(=O)OCC.C=C(C)c1cc(-c2ccc(F)cc2)ccc1I.CC(=O)c1cc(-c2ccc(F)cc2)ccc1I.CC(=O)c1cc(-c2ccc(F)cc2)ccc1N.CC(=O)c1cc(Br)ccc1N.CC(=O)c1ccccc1N.CCOC(=O)C1=NOC(C)(C)c2cc(-c3ccc(F)cc3)ccc21. The highest BCUT2D eigenvalue weighted by Crippen LogP contribution is 2.37. The summed E-state index contributed by atoms with van der Waals surface area (Å²) in [5.74, 6) is -3.47. The smallest absolute Gasteiger partial charge is 0.379 e. The number of oxime groups is 1. The summed E-state index contributed by atoms with van der Waals surface area (Å²) in [5.41, 5.74) is 34.4.